The zero-order chi connectivity index (χ0) is 18.1. The van der Waals surface area contributed by atoms with E-state index in [0.29, 0.717) is 17.6 Å². The normalized spacial score (nSPS) is 48.8. The van der Waals surface area contributed by atoms with Crippen LogP contribution in [0, 0.1) is 28.6 Å². The molecule has 0 radical (unpaired) electrons. The van der Waals surface area contributed by atoms with E-state index in [1.807, 2.05) is 6.92 Å². The maximum atomic E-state index is 12.1. The van der Waals surface area contributed by atoms with E-state index in [0.717, 1.165) is 37.7 Å². The summed E-state index contributed by atoms with van der Waals surface area (Å²) in [5, 5.41) is 21.0. The number of aliphatic hydroxyl groups excluding tert-OH is 2. The summed E-state index contributed by atoms with van der Waals surface area (Å²) in [5.41, 5.74) is 1.51. The summed E-state index contributed by atoms with van der Waals surface area (Å²) >= 11 is 0. The van der Waals surface area contributed by atoms with Gasteiger partial charge < -0.3 is 10.2 Å². The van der Waals surface area contributed by atoms with Gasteiger partial charge in [-0.3, -0.25) is 9.59 Å². The van der Waals surface area contributed by atoms with Crippen molar-refractivity contribution in [2.24, 2.45) is 28.6 Å². The smallest absolute Gasteiger partial charge is 0.186 e. The lowest BCUT2D eigenvalue weighted by atomic mass is 9.50. The number of aliphatic hydroxyl groups is 2. The van der Waals surface area contributed by atoms with Crippen molar-refractivity contribution in [1.82, 2.24) is 0 Å². The molecule has 2 unspecified atom stereocenters. The van der Waals surface area contributed by atoms with Crippen LogP contribution in [0.2, 0.25) is 0 Å². The quantitative estimate of drug-likeness (QED) is 0.717. The number of rotatable bonds is 1. The molecule has 0 bridgehead atoms. The standard InChI is InChI=1S/C21H28O4/c1-11(22)14-6-7-15-13-5-4-12-10-17(23)18(24)19(25)21(12,3)16(13)8-9-20(14,15)2/h8,10,13-15,18-19,24-25H,4-7,9H2,1-3H3/t13-,14+,15-,18?,19?,20+,21-/m0/s1. The van der Waals surface area contributed by atoms with E-state index in [4.69, 9.17) is 0 Å². The molecule has 25 heavy (non-hydrogen) atoms. The number of carbonyl (C=O) groups is 2. The zero-order valence-electron chi connectivity index (χ0n) is 15.3. The molecule has 2 N–H and O–H groups in total. The molecule has 4 nitrogen and oxygen atoms in total. The molecule has 4 aliphatic rings. The molecule has 136 valence electrons. The van der Waals surface area contributed by atoms with Crippen LogP contribution in [0.25, 0.3) is 0 Å². The Labute approximate surface area is 149 Å². The van der Waals surface area contributed by atoms with Crippen LogP contribution in [0.5, 0.6) is 0 Å². The summed E-state index contributed by atoms with van der Waals surface area (Å²) in [5.74, 6) is 0.825. The lowest BCUT2D eigenvalue weighted by molar-refractivity contribution is -0.135. The first kappa shape index (κ1) is 17.2. The third-order valence-corrected chi connectivity index (χ3v) is 8.04. The number of allylic oxidation sites excluding steroid dienone is 1. The summed E-state index contributed by atoms with van der Waals surface area (Å²) in [6, 6.07) is 0. The van der Waals surface area contributed by atoms with Crippen LogP contribution in [0.3, 0.4) is 0 Å². The first-order valence-corrected chi connectivity index (χ1v) is 9.53. The Morgan fingerprint density at radius 1 is 1.20 bits per heavy atom. The van der Waals surface area contributed by atoms with Crippen molar-refractivity contribution in [2.45, 2.75) is 65.1 Å². The fourth-order valence-corrected chi connectivity index (χ4v) is 6.61. The van der Waals surface area contributed by atoms with Gasteiger partial charge in [0, 0.05) is 11.3 Å². The first-order chi connectivity index (χ1) is 11.7. The van der Waals surface area contributed by atoms with Gasteiger partial charge in [0.05, 0.1) is 0 Å². The molecule has 0 spiro atoms. The predicted octanol–water partition coefficient (Wildman–Crippen LogP) is 2.59. The molecule has 0 saturated heterocycles. The van der Waals surface area contributed by atoms with Gasteiger partial charge in [0.1, 0.15) is 18.0 Å². The van der Waals surface area contributed by atoms with E-state index in [9.17, 15) is 19.8 Å². The van der Waals surface area contributed by atoms with E-state index < -0.39 is 17.6 Å². The molecule has 2 fully saturated rings. The van der Waals surface area contributed by atoms with E-state index >= 15 is 0 Å². The van der Waals surface area contributed by atoms with Crippen LogP contribution < -0.4 is 0 Å². The van der Waals surface area contributed by atoms with Crippen molar-refractivity contribution < 1.29 is 19.8 Å². The van der Waals surface area contributed by atoms with Crippen molar-refractivity contribution in [3.05, 3.63) is 23.3 Å². The molecule has 0 aromatic rings. The Morgan fingerprint density at radius 2 is 1.92 bits per heavy atom. The summed E-state index contributed by atoms with van der Waals surface area (Å²) < 4.78 is 0. The second kappa shape index (κ2) is 5.37. The Kier molecular flexibility index (Phi) is 3.69. The number of hydrogen-bond acceptors (Lipinski definition) is 4. The van der Waals surface area contributed by atoms with E-state index in [1.54, 1.807) is 13.0 Å². The highest BCUT2D eigenvalue weighted by atomic mass is 16.3. The zero-order valence-corrected chi connectivity index (χ0v) is 15.3. The Hall–Kier alpha value is -1.26. The molecule has 4 aliphatic carbocycles. The molecular formula is C21H28O4. The SMILES string of the molecule is CC(=O)[C@H]1CC[C@H]2[C@@H]3CCC4=CC(=O)C(O)C(O)[C@]4(C)C3=CC[C@]12C. The molecule has 0 heterocycles. The van der Waals surface area contributed by atoms with Crippen LogP contribution in [0.1, 0.15) is 52.9 Å². The third kappa shape index (κ3) is 2.07. The van der Waals surface area contributed by atoms with Gasteiger partial charge in [0.2, 0.25) is 0 Å². The Balaban J connectivity index is 1.79. The number of Topliss-reactive ketones (excluding diaryl/α,β-unsaturated/α-hetero) is 1. The number of fused-ring (bicyclic) bond motifs is 5. The molecule has 0 amide bonds. The van der Waals surface area contributed by atoms with Gasteiger partial charge in [-0.15, -0.1) is 0 Å². The van der Waals surface area contributed by atoms with Crippen LogP contribution >= 0.6 is 0 Å². The lowest BCUT2D eigenvalue weighted by Gasteiger charge is -2.55. The lowest BCUT2D eigenvalue weighted by Crippen LogP contribution is -2.55. The minimum Gasteiger partial charge on any atom is -0.389 e. The maximum absolute atomic E-state index is 12.1. The summed E-state index contributed by atoms with van der Waals surface area (Å²) in [4.78, 5) is 24.1. The molecule has 7 atom stereocenters. The van der Waals surface area contributed by atoms with E-state index in [2.05, 4.69) is 13.0 Å². The van der Waals surface area contributed by atoms with Crippen molar-refractivity contribution in [3.8, 4) is 0 Å². The average molecular weight is 344 g/mol. The third-order valence-electron chi connectivity index (χ3n) is 8.04. The topological polar surface area (TPSA) is 74.6 Å². The first-order valence-electron chi connectivity index (χ1n) is 9.53. The highest BCUT2D eigenvalue weighted by molar-refractivity contribution is 5.96. The summed E-state index contributed by atoms with van der Waals surface area (Å²) in [6.07, 6.45) is 5.97. The molecule has 0 aliphatic heterocycles. The van der Waals surface area contributed by atoms with Gasteiger partial charge in [-0.2, -0.15) is 0 Å². The van der Waals surface area contributed by atoms with Crippen LogP contribution in [0.15, 0.2) is 23.3 Å². The number of ketones is 2. The van der Waals surface area contributed by atoms with Gasteiger partial charge in [-0.1, -0.05) is 24.1 Å². The van der Waals surface area contributed by atoms with Crippen molar-refractivity contribution >= 4 is 11.6 Å². The monoisotopic (exact) mass is 344 g/mol. The van der Waals surface area contributed by atoms with Crippen molar-refractivity contribution in [1.29, 1.82) is 0 Å². The largest absolute Gasteiger partial charge is 0.389 e. The fourth-order valence-electron chi connectivity index (χ4n) is 6.61. The Bertz CT molecular complexity index is 705. The average Bonchev–Trinajstić information content (AvgIpc) is 2.92. The van der Waals surface area contributed by atoms with Crippen molar-refractivity contribution in [3.63, 3.8) is 0 Å². The second-order valence-corrected chi connectivity index (χ2v) is 9.03. The summed E-state index contributed by atoms with van der Waals surface area (Å²) in [6.45, 7) is 5.96. The molecule has 4 rings (SSSR count). The second-order valence-electron chi connectivity index (χ2n) is 9.03. The highest BCUT2D eigenvalue weighted by Gasteiger charge is 2.59. The molecule has 4 heteroatoms. The minimum atomic E-state index is -1.34. The maximum Gasteiger partial charge on any atom is 0.186 e. The number of carbonyl (C=O) groups excluding carboxylic acids is 2. The predicted molar refractivity (Wildman–Crippen MR) is 93.6 cm³/mol. The summed E-state index contributed by atoms with van der Waals surface area (Å²) in [7, 11) is 0. The van der Waals surface area contributed by atoms with Gasteiger partial charge in [0.15, 0.2) is 5.78 Å². The van der Waals surface area contributed by atoms with Gasteiger partial charge >= 0.3 is 0 Å². The Morgan fingerprint density at radius 3 is 2.60 bits per heavy atom. The number of hydrogen-bond donors (Lipinski definition) is 2. The van der Waals surface area contributed by atoms with Crippen LogP contribution in [-0.2, 0) is 9.59 Å². The fraction of sp³-hybridized carbons (Fsp3) is 0.714. The molecular weight excluding hydrogens is 316 g/mol. The van der Waals surface area contributed by atoms with E-state index in [1.165, 1.54) is 5.57 Å². The molecule has 0 aromatic heterocycles. The van der Waals surface area contributed by atoms with Gasteiger partial charge in [0.25, 0.3) is 0 Å². The molecule has 2 saturated carbocycles. The van der Waals surface area contributed by atoms with Gasteiger partial charge in [-0.25, -0.2) is 0 Å². The van der Waals surface area contributed by atoms with Gasteiger partial charge in [-0.05, 0) is 69.3 Å². The van der Waals surface area contributed by atoms with Crippen LogP contribution in [0.4, 0.5) is 0 Å². The molecule has 0 aromatic carbocycles. The van der Waals surface area contributed by atoms with Crippen LogP contribution in [-0.4, -0.2) is 34.0 Å². The minimum absolute atomic E-state index is 0.00559. The van der Waals surface area contributed by atoms with E-state index in [-0.39, 0.29) is 17.1 Å². The van der Waals surface area contributed by atoms with Crippen molar-refractivity contribution in [2.75, 3.05) is 0 Å². The highest BCUT2D eigenvalue weighted by Crippen LogP contribution is 2.64.